The van der Waals surface area contributed by atoms with E-state index in [-0.39, 0.29) is 22.5 Å². The number of nitrogens with zero attached hydrogens (tertiary/aromatic N) is 4. The third-order valence-corrected chi connectivity index (χ3v) is 10.5. The van der Waals surface area contributed by atoms with Crippen molar-refractivity contribution in [2.75, 3.05) is 44.9 Å². The highest BCUT2D eigenvalue weighted by molar-refractivity contribution is 7.98. The van der Waals surface area contributed by atoms with Crippen molar-refractivity contribution in [3.05, 3.63) is 35.7 Å². The maximum Gasteiger partial charge on any atom is 0.253 e. The first-order valence-electron chi connectivity index (χ1n) is 10.3. The number of hydrogen-bond acceptors (Lipinski definition) is 8. The van der Waals surface area contributed by atoms with Crippen LogP contribution in [0.1, 0.15) is 12.8 Å². The molecule has 1 aliphatic heterocycles. The number of thiophene rings is 1. The Morgan fingerprint density at radius 1 is 1.24 bits per heavy atom. The van der Waals surface area contributed by atoms with Gasteiger partial charge in [0.25, 0.3) is 10.0 Å². The van der Waals surface area contributed by atoms with E-state index in [4.69, 9.17) is 4.98 Å². The smallest absolute Gasteiger partial charge is 0.253 e. The number of fused-ring (bicyclic) bond motifs is 1. The quantitative estimate of drug-likeness (QED) is 0.393. The SMILES string of the molecule is CSc1cccc2sc(N(CCN(C)C)C(=O)C3CCCN3S(=O)(=O)c3cccs3)nc12.Cl. The minimum Gasteiger partial charge on any atom is -0.308 e. The number of amides is 1. The van der Waals surface area contributed by atoms with E-state index >= 15 is 0 Å². The number of hydrogen-bond donors (Lipinski definition) is 0. The molecule has 33 heavy (non-hydrogen) atoms. The summed E-state index contributed by atoms with van der Waals surface area (Å²) in [5.74, 6) is -0.200. The second kappa shape index (κ2) is 11.0. The molecule has 1 saturated heterocycles. The average molecular weight is 547 g/mol. The molecule has 1 aromatic carbocycles. The first-order chi connectivity index (χ1) is 15.3. The Balaban J connectivity index is 0.00000306. The second-order valence-corrected chi connectivity index (χ2v) is 12.7. The Hall–Kier alpha value is -1.21. The summed E-state index contributed by atoms with van der Waals surface area (Å²) in [6, 6.07) is 8.63. The molecule has 0 N–H and O–H groups in total. The Morgan fingerprint density at radius 2 is 2.03 bits per heavy atom. The van der Waals surface area contributed by atoms with Crippen LogP contribution in [0.15, 0.2) is 44.8 Å². The lowest BCUT2D eigenvalue weighted by Crippen LogP contribution is -2.49. The zero-order valence-electron chi connectivity index (χ0n) is 18.6. The Bertz CT molecular complexity index is 1200. The van der Waals surface area contributed by atoms with Crippen molar-refractivity contribution >= 4 is 78.1 Å². The van der Waals surface area contributed by atoms with Crippen LogP contribution >= 0.6 is 46.8 Å². The van der Waals surface area contributed by atoms with Gasteiger partial charge in [-0.05, 0) is 56.8 Å². The number of para-hydroxylation sites is 1. The van der Waals surface area contributed by atoms with Gasteiger partial charge in [-0.15, -0.1) is 35.5 Å². The Labute approximate surface area is 213 Å². The van der Waals surface area contributed by atoms with Crippen molar-refractivity contribution in [3.8, 4) is 0 Å². The molecule has 1 atom stereocenters. The Morgan fingerprint density at radius 3 is 2.70 bits per heavy atom. The lowest BCUT2D eigenvalue weighted by Gasteiger charge is -2.29. The van der Waals surface area contributed by atoms with Crippen molar-refractivity contribution in [1.82, 2.24) is 14.2 Å². The van der Waals surface area contributed by atoms with Crippen molar-refractivity contribution in [1.29, 1.82) is 0 Å². The number of rotatable bonds is 8. The fourth-order valence-corrected chi connectivity index (χ4v) is 8.19. The number of thiazole rings is 1. The summed E-state index contributed by atoms with van der Waals surface area (Å²) in [6.45, 7) is 1.46. The van der Waals surface area contributed by atoms with Gasteiger partial charge in [0.15, 0.2) is 5.13 Å². The van der Waals surface area contributed by atoms with Gasteiger partial charge in [0, 0.05) is 24.5 Å². The number of carbonyl (C=O) groups excluding carboxylic acids is 1. The molecular formula is C21H27ClN4O3S4. The standard InChI is InChI=1S/C21H26N4O3S4.ClH/c1-23(2)12-13-24(21-22-19-16(29-3)8-4-9-17(19)31-21)20(26)15-7-5-11-25(15)32(27,28)18-10-6-14-30-18;/h4,6,8-10,14-15H,5,7,11-13H2,1-3H3;1H. The van der Waals surface area contributed by atoms with E-state index in [1.165, 1.54) is 27.0 Å². The molecule has 2 aromatic heterocycles. The summed E-state index contributed by atoms with van der Waals surface area (Å²) < 4.78 is 29.1. The highest BCUT2D eigenvalue weighted by Crippen LogP contribution is 2.36. The van der Waals surface area contributed by atoms with Gasteiger partial charge in [-0.25, -0.2) is 13.4 Å². The fourth-order valence-electron chi connectivity index (χ4n) is 3.77. The van der Waals surface area contributed by atoms with E-state index in [0.717, 1.165) is 15.1 Å². The first kappa shape index (κ1) is 26.4. The van der Waals surface area contributed by atoms with Crippen molar-refractivity contribution in [2.24, 2.45) is 0 Å². The van der Waals surface area contributed by atoms with E-state index in [2.05, 4.69) is 0 Å². The number of likely N-dealkylation sites (N-methyl/N-ethyl adjacent to an activating group) is 1. The van der Waals surface area contributed by atoms with Crippen LogP contribution in [0.2, 0.25) is 0 Å². The number of sulfonamides is 1. The molecule has 4 rings (SSSR count). The third-order valence-electron chi connectivity index (χ3n) is 5.41. The van der Waals surface area contributed by atoms with E-state index in [9.17, 15) is 13.2 Å². The normalized spacial score (nSPS) is 16.9. The molecule has 0 aliphatic carbocycles. The van der Waals surface area contributed by atoms with E-state index in [1.807, 2.05) is 43.5 Å². The monoisotopic (exact) mass is 546 g/mol. The molecule has 180 valence electrons. The van der Waals surface area contributed by atoms with Crippen molar-refractivity contribution in [3.63, 3.8) is 0 Å². The molecule has 0 bridgehead atoms. The fraction of sp³-hybridized carbons (Fsp3) is 0.429. The maximum atomic E-state index is 13.8. The highest BCUT2D eigenvalue weighted by Gasteiger charge is 2.42. The van der Waals surface area contributed by atoms with Gasteiger partial charge in [-0.2, -0.15) is 4.31 Å². The molecule has 3 heterocycles. The number of halogens is 1. The molecule has 12 heteroatoms. The molecule has 3 aromatic rings. The number of benzene rings is 1. The molecular weight excluding hydrogens is 520 g/mol. The molecule has 1 fully saturated rings. The van der Waals surface area contributed by atoms with Crippen molar-refractivity contribution in [2.45, 2.75) is 28.0 Å². The van der Waals surface area contributed by atoms with Gasteiger partial charge in [0.05, 0.1) is 10.2 Å². The predicted octanol–water partition coefficient (Wildman–Crippen LogP) is 4.25. The molecule has 7 nitrogen and oxygen atoms in total. The summed E-state index contributed by atoms with van der Waals surface area (Å²) in [5.41, 5.74) is 0.886. The molecule has 1 unspecified atom stereocenters. The van der Waals surface area contributed by atoms with Crippen LogP contribution in [0, 0.1) is 0 Å². The summed E-state index contributed by atoms with van der Waals surface area (Å²) in [7, 11) is 0.210. The van der Waals surface area contributed by atoms with Gasteiger partial charge in [-0.1, -0.05) is 23.5 Å². The molecule has 0 radical (unpaired) electrons. The van der Waals surface area contributed by atoms with Crippen LogP contribution < -0.4 is 4.90 Å². The van der Waals surface area contributed by atoms with Gasteiger partial charge in [0.2, 0.25) is 5.91 Å². The third kappa shape index (κ3) is 5.39. The van der Waals surface area contributed by atoms with Crippen LogP contribution in [-0.4, -0.2) is 74.5 Å². The summed E-state index contributed by atoms with van der Waals surface area (Å²) >= 11 is 4.28. The van der Waals surface area contributed by atoms with Crippen LogP contribution in [-0.2, 0) is 14.8 Å². The zero-order chi connectivity index (χ0) is 22.9. The predicted molar refractivity (Wildman–Crippen MR) is 141 cm³/mol. The van der Waals surface area contributed by atoms with E-state index in [1.54, 1.807) is 34.2 Å². The Kier molecular flexibility index (Phi) is 8.82. The number of carbonyl (C=O) groups is 1. The van der Waals surface area contributed by atoms with Crippen LogP contribution in [0.4, 0.5) is 5.13 Å². The number of anilines is 1. The number of thioether (sulfide) groups is 1. The highest BCUT2D eigenvalue weighted by atomic mass is 35.5. The molecule has 0 spiro atoms. The molecule has 1 amide bonds. The van der Waals surface area contributed by atoms with Gasteiger partial charge < -0.3 is 4.90 Å². The van der Waals surface area contributed by atoms with E-state index in [0.29, 0.717) is 37.6 Å². The van der Waals surface area contributed by atoms with Crippen molar-refractivity contribution < 1.29 is 13.2 Å². The van der Waals surface area contributed by atoms with E-state index < -0.39 is 16.1 Å². The van der Waals surface area contributed by atoms with Crippen LogP contribution in [0.25, 0.3) is 10.2 Å². The lowest BCUT2D eigenvalue weighted by molar-refractivity contribution is -0.121. The lowest BCUT2D eigenvalue weighted by atomic mass is 10.2. The first-order valence-corrected chi connectivity index (χ1v) is 14.6. The zero-order valence-corrected chi connectivity index (χ0v) is 22.7. The topological polar surface area (TPSA) is 73.8 Å². The van der Waals surface area contributed by atoms with Gasteiger partial charge in [-0.3, -0.25) is 9.69 Å². The van der Waals surface area contributed by atoms with Crippen LogP contribution in [0.5, 0.6) is 0 Å². The average Bonchev–Trinajstić information content (AvgIpc) is 3.53. The summed E-state index contributed by atoms with van der Waals surface area (Å²) in [6.07, 6.45) is 3.19. The molecule has 0 saturated carbocycles. The van der Waals surface area contributed by atoms with Crippen LogP contribution in [0.3, 0.4) is 0 Å². The minimum atomic E-state index is -3.70. The summed E-state index contributed by atoms with van der Waals surface area (Å²) in [4.78, 5) is 23.3. The summed E-state index contributed by atoms with van der Waals surface area (Å²) in [5, 5.41) is 2.36. The maximum absolute atomic E-state index is 13.8. The van der Waals surface area contributed by atoms with Gasteiger partial charge >= 0.3 is 0 Å². The largest absolute Gasteiger partial charge is 0.308 e. The minimum absolute atomic E-state index is 0. The molecule has 1 aliphatic rings. The van der Waals surface area contributed by atoms with Gasteiger partial charge in [0.1, 0.15) is 10.3 Å². The second-order valence-electron chi connectivity index (χ2n) is 7.80. The number of aromatic nitrogens is 1.